The van der Waals surface area contributed by atoms with Crippen molar-refractivity contribution in [2.75, 3.05) is 45.9 Å². The maximum absolute atomic E-state index is 12.5. The second kappa shape index (κ2) is 9.22. The number of ether oxygens (including phenoxy) is 1. The summed E-state index contributed by atoms with van der Waals surface area (Å²) in [5, 5.41) is 3.42. The van der Waals surface area contributed by atoms with Crippen molar-refractivity contribution in [3.63, 3.8) is 0 Å². The molecule has 1 amide bonds. The molecule has 1 aliphatic carbocycles. The van der Waals surface area contributed by atoms with Crippen molar-refractivity contribution in [2.45, 2.75) is 45.1 Å². The van der Waals surface area contributed by atoms with Crippen molar-refractivity contribution in [2.24, 2.45) is 10.9 Å². The predicted octanol–water partition coefficient (Wildman–Crippen LogP) is 1.63. The molecule has 0 saturated carbocycles. The lowest BCUT2D eigenvalue weighted by Crippen LogP contribution is -2.55. The van der Waals surface area contributed by atoms with Crippen LogP contribution in [-0.2, 0) is 9.53 Å². The fourth-order valence-corrected chi connectivity index (χ4v) is 3.78. The van der Waals surface area contributed by atoms with Gasteiger partial charge in [0.25, 0.3) is 5.91 Å². The number of carbonyl (C=O) groups excluding carboxylic acids is 1. The third kappa shape index (κ3) is 4.97. The van der Waals surface area contributed by atoms with E-state index in [0.29, 0.717) is 5.92 Å². The maximum atomic E-state index is 12.5. The van der Waals surface area contributed by atoms with Gasteiger partial charge in [-0.3, -0.25) is 9.79 Å². The van der Waals surface area contributed by atoms with E-state index in [0.717, 1.165) is 71.1 Å². The Morgan fingerprint density at radius 3 is 2.64 bits per heavy atom. The first kappa shape index (κ1) is 18.2. The zero-order valence-corrected chi connectivity index (χ0v) is 15.5. The number of nitrogens with one attached hydrogen (secondary N) is 1. The Hall–Kier alpha value is -1.56. The van der Waals surface area contributed by atoms with Crippen molar-refractivity contribution >= 4 is 11.9 Å². The number of rotatable bonds is 4. The summed E-state index contributed by atoms with van der Waals surface area (Å²) >= 11 is 0. The molecule has 3 aliphatic rings. The van der Waals surface area contributed by atoms with E-state index in [1.807, 2.05) is 4.90 Å². The Morgan fingerprint density at radius 1 is 1.20 bits per heavy atom. The summed E-state index contributed by atoms with van der Waals surface area (Å²) in [6, 6.07) is 0. The highest BCUT2D eigenvalue weighted by molar-refractivity contribution is 5.82. The number of nitrogens with zero attached hydrogens (tertiary/aromatic N) is 3. The molecule has 6 nitrogen and oxygen atoms in total. The topological polar surface area (TPSA) is 57.2 Å². The number of hydrogen-bond donors (Lipinski definition) is 1. The lowest BCUT2D eigenvalue weighted by molar-refractivity contribution is -0.142. The minimum absolute atomic E-state index is 0.174. The lowest BCUT2D eigenvalue weighted by atomic mass is 9.95. The molecular formula is C19H32N4O2. The molecule has 0 radical (unpaired) electrons. The van der Waals surface area contributed by atoms with Crippen LogP contribution in [0.2, 0.25) is 0 Å². The highest BCUT2D eigenvalue weighted by Crippen LogP contribution is 2.19. The molecule has 25 heavy (non-hydrogen) atoms. The molecule has 2 heterocycles. The van der Waals surface area contributed by atoms with Crippen LogP contribution < -0.4 is 5.32 Å². The van der Waals surface area contributed by atoms with Gasteiger partial charge in [0, 0.05) is 45.9 Å². The Kier molecular flexibility index (Phi) is 6.73. The SMILES string of the molecule is CCNC(=NCC1CC=CCC1)N1CCN(C(=O)C2CCCO2)CC1. The molecule has 2 unspecified atom stereocenters. The number of piperazine rings is 1. The van der Waals surface area contributed by atoms with Gasteiger partial charge in [0.05, 0.1) is 0 Å². The number of allylic oxidation sites excluding steroid dienone is 2. The highest BCUT2D eigenvalue weighted by Gasteiger charge is 2.30. The number of guanidine groups is 1. The van der Waals surface area contributed by atoms with Crippen LogP contribution in [0, 0.1) is 5.92 Å². The average molecular weight is 348 g/mol. The summed E-state index contributed by atoms with van der Waals surface area (Å²) < 4.78 is 5.54. The van der Waals surface area contributed by atoms with E-state index in [2.05, 4.69) is 29.3 Å². The maximum Gasteiger partial charge on any atom is 0.251 e. The van der Waals surface area contributed by atoms with Crippen LogP contribution in [0.25, 0.3) is 0 Å². The van der Waals surface area contributed by atoms with E-state index in [9.17, 15) is 4.79 Å². The molecule has 0 aromatic rings. The fourth-order valence-electron chi connectivity index (χ4n) is 3.78. The third-order valence-corrected chi connectivity index (χ3v) is 5.31. The van der Waals surface area contributed by atoms with Gasteiger partial charge in [-0.2, -0.15) is 0 Å². The third-order valence-electron chi connectivity index (χ3n) is 5.31. The number of carbonyl (C=O) groups is 1. The van der Waals surface area contributed by atoms with Gasteiger partial charge >= 0.3 is 0 Å². The summed E-state index contributed by atoms with van der Waals surface area (Å²) in [4.78, 5) is 21.6. The summed E-state index contributed by atoms with van der Waals surface area (Å²) in [7, 11) is 0. The minimum Gasteiger partial charge on any atom is -0.368 e. The van der Waals surface area contributed by atoms with E-state index in [1.54, 1.807) is 0 Å². The largest absolute Gasteiger partial charge is 0.368 e. The molecule has 0 aromatic heterocycles. The van der Waals surface area contributed by atoms with Crippen LogP contribution in [0.1, 0.15) is 39.0 Å². The van der Waals surface area contributed by atoms with Crippen LogP contribution in [-0.4, -0.2) is 73.6 Å². The predicted molar refractivity (Wildman–Crippen MR) is 99.6 cm³/mol. The van der Waals surface area contributed by atoms with Gasteiger partial charge in [-0.05, 0) is 44.9 Å². The Balaban J connectivity index is 1.51. The van der Waals surface area contributed by atoms with Gasteiger partial charge in [0.15, 0.2) is 5.96 Å². The van der Waals surface area contributed by atoms with Gasteiger partial charge in [0.1, 0.15) is 6.10 Å². The minimum atomic E-state index is -0.201. The van der Waals surface area contributed by atoms with Crippen LogP contribution >= 0.6 is 0 Å². The van der Waals surface area contributed by atoms with Gasteiger partial charge < -0.3 is 19.9 Å². The Morgan fingerprint density at radius 2 is 2.00 bits per heavy atom. The smallest absolute Gasteiger partial charge is 0.251 e. The van der Waals surface area contributed by atoms with Crippen LogP contribution in [0.5, 0.6) is 0 Å². The number of amides is 1. The molecule has 2 aliphatic heterocycles. The first-order valence-electron chi connectivity index (χ1n) is 9.86. The van der Waals surface area contributed by atoms with Crippen LogP contribution in [0.3, 0.4) is 0 Å². The molecule has 0 spiro atoms. The fraction of sp³-hybridized carbons (Fsp3) is 0.789. The van der Waals surface area contributed by atoms with Gasteiger partial charge in [0.2, 0.25) is 0 Å². The first-order valence-corrected chi connectivity index (χ1v) is 9.86. The van der Waals surface area contributed by atoms with E-state index in [-0.39, 0.29) is 12.0 Å². The Labute approximate surface area is 151 Å². The lowest BCUT2D eigenvalue weighted by Gasteiger charge is -2.37. The monoisotopic (exact) mass is 348 g/mol. The average Bonchev–Trinajstić information content (AvgIpc) is 3.20. The van der Waals surface area contributed by atoms with Crippen LogP contribution in [0.15, 0.2) is 17.1 Å². The second-order valence-corrected chi connectivity index (χ2v) is 7.16. The standard InChI is InChI=1S/C19H32N4O2/c1-2-20-19(21-15-16-7-4-3-5-8-16)23-12-10-22(11-13-23)18(24)17-9-6-14-25-17/h3-4,16-17H,2,5-15H2,1H3,(H,20,21). The molecule has 0 aromatic carbocycles. The van der Waals surface area contributed by atoms with E-state index >= 15 is 0 Å². The van der Waals surface area contributed by atoms with Crippen molar-refractivity contribution in [1.82, 2.24) is 15.1 Å². The van der Waals surface area contributed by atoms with Gasteiger partial charge in [-0.15, -0.1) is 0 Å². The highest BCUT2D eigenvalue weighted by atomic mass is 16.5. The van der Waals surface area contributed by atoms with Gasteiger partial charge in [-0.25, -0.2) is 0 Å². The first-order chi connectivity index (χ1) is 12.3. The van der Waals surface area contributed by atoms with Crippen molar-refractivity contribution in [3.8, 4) is 0 Å². The summed E-state index contributed by atoms with van der Waals surface area (Å²) in [6.07, 6.45) is 9.80. The number of hydrogen-bond acceptors (Lipinski definition) is 3. The van der Waals surface area contributed by atoms with Crippen LogP contribution in [0.4, 0.5) is 0 Å². The van der Waals surface area contributed by atoms with E-state index in [1.165, 1.54) is 12.8 Å². The summed E-state index contributed by atoms with van der Waals surface area (Å²) in [5.41, 5.74) is 0. The molecular weight excluding hydrogens is 316 g/mol. The van der Waals surface area contributed by atoms with Crippen molar-refractivity contribution in [1.29, 1.82) is 0 Å². The number of aliphatic imine (C=N–C) groups is 1. The molecule has 2 saturated heterocycles. The summed E-state index contributed by atoms with van der Waals surface area (Å²) in [5.74, 6) is 1.84. The quantitative estimate of drug-likeness (QED) is 0.477. The second-order valence-electron chi connectivity index (χ2n) is 7.16. The van der Waals surface area contributed by atoms with E-state index in [4.69, 9.17) is 9.73 Å². The van der Waals surface area contributed by atoms with Crippen molar-refractivity contribution in [3.05, 3.63) is 12.2 Å². The zero-order chi connectivity index (χ0) is 17.5. The van der Waals surface area contributed by atoms with Crippen molar-refractivity contribution < 1.29 is 9.53 Å². The molecule has 3 rings (SSSR count). The van der Waals surface area contributed by atoms with E-state index < -0.39 is 0 Å². The normalized spacial score (nSPS) is 27.6. The molecule has 2 atom stereocenters. The Bertz CT molecular complexity index is 492. The zero-order valence-electron chi connectivity index (χ0n) is 15.5. The molecule has 2 fully saturated rings. The molecule has 1 N–H and O–H groups in total. The summed E-state index contributed by atoms with van der Waals surface area (Å²) in [6.45, 7) is 7.80. The molecule has 0 bridgehead atoms. The van der Waals surface area contributed by atoms with Gasteiger partial charge in [-0.1, -0.05) is 12.2 Å². The molecule has 6 heteroatoms. The molecule has 140 valence electrons.